The van der Waals surface area contributed by atoms with E-state index in [2.05, 4.69) is 10.5 Å². The van der Waals surface area contributed by atoms with Crippen molar-refractivity contribution >= 4 is 56.2 Å². The third-order valence-corrected chi connectivity index (χ3v) is 5.25. The van der Waals surface area contributed by atoms with Gasteiger partial charge < -0.3 is 0 Å². The number of thiophene rings is 1. The largest absolute Gasteiger partial charge is 0.283 e. The lowest BCUT2D eigenvalue weighted by Crippen LogP contribution is -2.18. The van der Waals surface area contributed by atoms with Crippen LogP contribution in [0.5, 0.6) is 0 Å². The summed E-state index contributed by atoms with van der Waals surface area (Å²) >= 11 is 13.5. The number of fused-ring (bicyclic) bond motifs is 1. The standard InChI is InChI=1S/C17H12Cl2N2OS/c1-10(11-6-8-12(18)9-7-11)20-21-17(22)16-15(19)13-4-2-3-5-14(13)23-16/h2-9H,1H3,(H,21,22)/b20-10-. The molecule has 6 heteroatoms. The second-order valence-electron chi connectivity index (χ2n) is 4.89. The van der Waals surface area contributed by atoms with Crippen LogP contribution in [-0.4, -0.2) is 11.6 Å². The maximum atomic E-state index is 12.3. The topological polar surface area (TPSA) is 41.5 Å². The fraction of sp³-hybridized carbons (Fsp3) is 0.0588. The van der Waals surface area contributed by atoms with Gasteiger partial charge in [0.2, 0.25) is 0 Å². The van der Waals surface area contributed by atoms with Gasteiger partial charge in [0.1, 0.15) is 4.88 Å². The van der Waals surface area contributed by atoms with Crippen molar-refractivity contribution < 1.29 is 4.79 Å². The van der Waals surface area contributed by atoms with Crippen LogP contribution >= 0.6 is 34.5 Å². The number of hydrogen-bond donors (Lipinski definition) is 1. The molecule has 3 rings (SSSR count). The van der Waals surface area contributed by atoms with Gasteiger partial charge in [0.25, 0.3) is 5.91 Å². The second kappa shape index (κ2) is 6.71. The van der Waals surface area contributed by atoms with Crippen molar-refractivity contribution in [3.63, 3.8) is 0 Å². The highest BCUT2D eigenvalue weighted by Crippen LogP contribution is 2.34. The minimum atomic E-state index is -0.315. The first kappa shape index (κ1) is 16.0. The molecule has 0 aliphatic heterocycles. The molecule has 0 radical (unpaired) electrons. The summed E-state index contributed by atoms with van der Waals surface area (Å²) in [5.74, 6) is -0.315. The number of hydrazone groups is 1. The Kier molecular flexibility index (Phi) is 4.66. The molecule has 2 aromatic carbocycles. The first-order chi connectivity index (χ1) is 11.1. The lowest BCUT2D eigenvalue weighted by atomic mass is 10.1. The van der Waals surface area contributed by atoms with E-state index in [0.29, 0.717) is 20.6 Å². The van der Waals surface area contributed by atoms with E-state index in [1.165, 1.54) is 11.3 Å². The maximum absolute atomic E-state index is 12.3. The number of nitrogens with zero attached hydrogens (tertiary/aromatic N) is 1. The van der Waals surface area contributed by atoms with E-state index in [4.69, 9.17) is 23.2 Å². The van der Waals surface area contributed by atoms with Gasteiger partial charge in [-0.15, -0.1) is 11.3 Å². The molecule has 0 saturated carbocycles. The number of carbonyl (C=O) groups excluding carboxylic acids is 1. The molecule has 0 atom stereocenters. The van der Waals surface area contributed by atoms with Gasteiger partial charge in [0, 0.05) is 15.1 Å². The first-order valence-corrected chi connectivity index (χ1v) is 8.41. The minimum Gasteiger partial charge on any atom is -0.266 e. The summed E-state index contributed by atoms with van der Waals surface area (Å²) in [7, 11) is 0. The van der Waals surface area contributed by atoms with Crippen LogP contribution in [0, 0.1) is 0 Å². The van der Waals surface area contributed by atoms with Gasteiger partial charge in [-0.3, -0.25) is 4.79 Å². The quantitative estimate of drug-likeness (QED) is 0.494. The van der Waals surface area contributed by atoms with Crippen LogP contribution in [0.3, 0.4) is 0 Å². The molecule has 0 bridgehead atoms. The zero-order valence-corrected chi connectivity index (χ0v) is 14.5. The molecule has 23 heavy (non-hydrogen) atoms. The van der Waals surface area contributed by atoms with Crippen molar-refractivity contribution in [3.05, 3.63) is 69.0 Å². The number of amides is 1. The molecule has 116 valence electrons. The summed E-state index contributed by atoms with van der Waals surface area (Å²) in [4.78, 5) is 12.8. The third-order valence-electron chi connectivity index (χ3n) is 3.33. The number of carbonyl (C=O) groups is 1. The zero-order valence-electron chi connectivity index (χ0n) is 12.1. The normalized spacial score (nSPS) is 11.7. The van der Waals surface area contributed by atoms with Crippen LogP contribution in [0.25, 0.3) is 10.1 Å². The van der Waals surface area contributed by atoms with Gasteiger partial charge in [-0.25, -0.2) is 5.43 Å². The van der Waals surface area contributed by atoms with Crippen LogP contribution in [0.2, 0.25) is 10.0 Å². The number of rotatable bonds is 3. The molecule has 1 N–H and O–H groups in total. The van der Waals surface area contributed by atoms with E-state index < -0.39 is 0 Å². The van der Waals surface area contributed by atoms with Crippen molar-refractivity contribution in [2.75, 3.05) is 0 Å². The van der Waals surface area contributed by atoms with E-state index in [9.17, 15) is 4.79 Å². The van der Waals surface area contributed by atoms with Crippen molar-refractivity contribution in [2.45, 2.75) is 6.92 Å². The van der Waals surface area contributed by atoms with E-state index in [0.717, 1.165) is 15.6 Å². The molecule has 1 aromatic heterocycles. The second-order valence-corrected chi connectivity index (χ2v) is 6.75. The summed E-state index contributed by atoms with van der Waals surface area (Å²) in [6.07, 6.45) is 0. The molecule has 1 amide bonds. The molecule has 0 saturated heterocycles. The Morgan fingerprint density at radius 3 is 2.48 bits per heavy atom. The van der Waals surface area contributed by atoms with Crippen molar-refractivity contribution in [1.82, 2.24) is 5.43 Å². The van der Waals surface area contributed by atoms with Gasteiger partial charge in [0.15, 0.2) is 0 Å². The highest BCUT2D eigenvalue weighted by atomic mass is 35.5. The van der Waals surface area contributed by atoms with E-state index >= 15 is 0 Å². The van der Waals surface area contributed by atoms with E-state index in [1.54, 1.807) is 12.1 Å². The number of nitrogens with one attached hydrogen (secondary N) is 1. The summed E-state index contributed by atoms with van der Waals surface area (Å²) in [6.45, 7) is 1.82. The van der Waals surface area contributed by atoms with Crippen LogP contribution in [0.15, 0.2) is 53.6 Å². The predicted molar refractivity (Wildman–Crippen MR) is 98.0 cm³/mol. The predicted octanol–water partition coefficient (Wildman–Crippen LogP) is 5.36. The van der Waals surface area contributed by atoms with Crippen LogP contribution in [0.1, 0.15) is 22.2 Å². The molecule has 1 heterocycles. The molecule has 3 nitrogen and oxygen atoms in total. The summed E-state index contributed by atoms with van der Waals surface area (Å²) < 4.78 is 0.973. The van der Waals surface area contributed by atoms with Crippen LogP contribution < -0.4 is 5.43 Å². The molecule has 0 unspecified atom stereocenters. The van der Waals surface area contributed by atoms with Crippen LogP contribution in [0.4, 0.5) is 0 Å². The molecular formula is C17H12Cl2N2OS. The lowest BCUT2D eigenvalue weighted by Gasteiger charge is -2.02. The van der Waals surface area contributed by atoms with Gasteiger partial charge in [0.05, 0.1) is 10.7 Å². The Morgan fingerprint density at radius 2 is 1.78 bits per heavy atom. The monoisotopic (exact) mass is 362 g/mol. The smallest absolute Gasteiger partial charge is 0.266 e. The molecule has 3 aromatic rings. The van der Waals surface area contributed by atoms with Gasteiger partial charge >= 0.3 is 0 Å². The molecule has 0 aliphatic rings. The van der Waals surface area contributed by atoms with Gasteiger partial charge in [-0.2, -0.15) is 5.10 Å². The van der Waals surface area contributed by atoms with Gasteiger partial charge in [-0.1, -0.05) is 53.5 Å². The Morgan fingerprint density at radius 1 is 1.09 bits per heavy atom. The molecule has 0 aliphatic carbocycles. The third kappa shape index (κ3) is 3.39. The van der Waals surface area contributed by atoms with Crippen molar-refractivity contribution in [3.8, 4) is 0 Å². The van der Waals surface area contributed by atoms with E-state index in [-0.39, 0.29) is 5.91 Å². The van der Waals surface area contributed by atoms with E-state index in [1.807, 2.05) is 43.3 Å². The Bertz CT molecular complexity index is 901. The Hall–Kier alpha value is -1.88. The lowest BCUT2D eigenvalue weighted by molar-refractivity contribution is 0.0959. The van der Waals surface area contributed by atoms with Crippen molar-refractivity contribution in [1.29, 1.82) is 0 Å². The summed E-state index contributed by atoms with van der Waals surface area (Å²) in [5, 5.41) is 6.13. The fourth-order valence-electron chi connectivity index (χ4n) is 2.10. The minimum absolute atomic E-state index is 0.315. The first-order valence-electron chi connectivity index (χ1n) is 6.84. The Labute approximate surface area is 147 Å². The fourth-order valence-corrected chi connectivity index (χ4v) is 3.63. The van der Waals surface area contributed by atoms with Crippen molar-refractivity contribution in [2.24, 2.45) is 5.10 Å². The number of benzene rings is 2. The number of hydrogen-bond acceptors (Lipinski definition) is 3. The SMILES string of the molecule is C/C(=N/NC(=O)c1sc2ccccc2c1Cl)c1ccc(Cl)cc1. The average Bonchev–Trinajstić information content (AvgIpc) is 2.90. The molecule has 0 fully saturated rings. The van der Waals surface area contributed by atoms with Crippen LogP contribution in [-0.2, 0) is 0 Å². The maximum Gasteiger partial charge on any atom is 0.283 e. The highest BCUT2D eigenvalue weighted by Gasteiger charge is 2.16. The Balaban J connectivity index is 1.81. The number of halogens is 2. The zero-order chi connectivity index (χ0) is 16.4. The average molecular weight is 363 g/mol. The summed E-state index contributed by atoms with van der Waals surface area (Å²) in [5.41, 5.74) is 4.13. The molecule has 0 spiro atoms. The molecular weight excluding hydrogens is 351 g/mol. The van der Waals surface area contributed by atoms with Gasteiger partial charge in [-0.05, 0) is 30.7 Å². The summed E-state index contributed by atoms with van der Waals surface area (Å²) in [6, 6.07) is 14.9. The highest BCUT2D eigenvalue weighted by molar-refractivity contribution is 7.21.